The number of carbonyl (C=O) groups is 1. The quantitative estimate of drug-likeness (QED) is 0.785. The third-order valence-corrected chi connectivity index (χ3v) is 4.59. The Bertz CT molecular complexity index is 824. The van der Waals surface area contributed by atoms with Crippen LogP contribution in [0.15, 0.2) is 52.0 Å². The van der Waals surface area contributed by atoms with Gasteiger partial charge in [0.15, 0.2) is 6.61 Å². The average molecular weight is 424 g/mol. The first-order valence-electron chi connectivity index (χ1n) is 7.67. The van der Waals surface area contributed by atoms with Crippen LogP contribution in [0, 0.1) is 0 Å². The van der Waals surface area contributed by atoms with Crippen LogP contribution in [0.1, 0.15) is 24.9 Å². The van der Waals surface area contributed by atoms with Crippen LogP contribution in [0.3, 0.4) is 0 Å². The number of halogens is 2. The van der Waals surface area contributed by atoms with Crippen LogP contribution in [0.4, 0.5) is 0 Å². The number of aromatic hydroxyl groups is 1. The van der Waals surface area contributed by atoms with Crippen molar-refractivity contribution < 1.29 is 14.6 Å². The number of hydrogen-bond acceptors (Lipinski definition) is 4. The molecular weight excluding hydrogens is 408 g/mol. The van der Waals surface area contributed by atoms with E-state index in [2.05, 4.69) is 21.0 Å². The van der Waals surface area contributed by atoms with Gasteiger partial charge < -0.3 is 9.84 Å². The number of ether oxygens (including phenoxy) is 1. The zero-order valence-electron chi connectivity index (χ0n) is 13.4. The van der Waals surface area contributed by atoms with E-state index in [9.17, 15) is 9.90 Å². The van der Waals surface area contributed by atoms with Crippen molar-refractivity contribution in [1.82, 2.24) is 5.01 Å². The summed E-state index contributed by atoms with van der Waals surface area (Å²) < 4.78 is 6.35. The lowest BCUT2D eigenvalue weighted by Gasteiger charge is -2.23. The van der Waals surface area contributed by atoms with Gasteiger partial charge in [-0.05, 0) is 49.4 Å². The summed E-state index contributed by atoms with van der Waals surface area (Å²) in [6.45, 7) is 1.71. The minimum absolute atomic E-state index is 0.134. The van der Waals surface area contributed by atoms with E-state index in [1.54, 1.807) is 42.5 Å². The summed E-state index contributed by atoms with van der Waals surface area (Å²) in [7, 11) is 0. The summed E-state index contributed by atoms with van der Waals surface area (Å²) in [5, 5.41) is 16.5. The van der Waals surface area contributed by atoms with E-state index in [4.69, 9.17) is 16.3 Å². The molecule has 1 amide bonds. The fraction of sp³-hybridized carbons (Fsp3) is 0.222. The van der Waals surface area contributed by atoms with Gasteiger partial charge in [0.1, 0.15) is 11.5 Å². The molecule has 25 heavy (non-hydrogen) atoms. The molecule has 2 aromatic carbocycles. The zero-order valence-corrected chi connectivity index (χ0v) is 15.8. The summed E-state index contributed by atoms with van der Waals surface area (Å²) in [4.78, 5) is 12.6. The molecule has 5 nitrogen and oxygen atoms in total. The van der Waals surface area contributed by atoms with Crippen molar-refractivity contribution in [3.8, 4) is 11.5 Å². The first-order chi connectivity index (χ1) is 11.9. The summed E-state index contributed by atoms with van der Waals surface area (Å²) in [5.41, 5.74) is 1.47. The second-order valence-electron chi connectivity index (χ2n) is 5.74. The Kier molecular flexibility index (Phi) is 5.30. The lowest BCUT2D eigenvalue weighted by molar-refractivity contribution is -0.135. The molecule has 130 valence electrons. The van der Waals surface area contributed by atoms with Gasteiger partial charge in [0.2, 0.25) is 0 Å². The molecule has 3 rings (SSSR count). The van der Waals surface area contributed by atoms with Gasteiger partial charge in [0.25, 0.3) is 5.91 Å². The molecule has 7 heteroatoms. The Morgan fingerprint density at radius 1 is 1.36 bits per heavy atom. The average Bonchev–Trinajstić information content (AvgIpc) is 2.98. The number of carbonyl (C=O) groups excluding carboxylic acids is 1. The van der Waals surface area contributed by atoms with E-state index in [0.717, 1.165) is 10.2 Å². The maximum absolute atomic E-state index is 12.6. The number of hydrazone groups is 1. The van der Waals surface area contributed by atoms with E-state index >= 15 is 0 Å². The van der Waals surface area contributed by atoms with Gasteiger partial charge in [0, 0.05) is 27.2 Å². The van der Waals surface area contributed by atoms with Gasteiger partial charge in [0.05, 0.1) is 6.04 Å². The highest BCUT2D eigenvalue weighted by Gasteiger charge is 2.33. The van der Waals surface area contributed by atoms with E-state index < -0.39 is 0 Å². The number of benzene rings is 2. The predicted octanol–water partition coefficient (Wildman–Crippen LogP) is 4.54. The van der Waals surface area contributed by atoms with Gasteiger partial charge >= 0.3 is 0 Å². The first kappa shape index (κ1) is 17.8. The second-order valence-corrected chi connectivity index (χ2v) is 7.09. The third kappa shape index (κ3) is 4.14. The monoisotopic (exact) mass is 422 g/mol. The van der Waals surface area contributed by atoms with Crippen LogP contribution in [-0.4, -0.2) is 28.3 Å². The van der Waals surface area contributed by atoms with Crippen LogP contribution in [0.25, 0.3) is 0 Å². The van der Waals surface area contributed by atoms with Gasteiger partial charge in [-0.2, -0.15) is 5.10 Å². The second kappa shape index (κ2) is 7.45. The fourth-order valence-corrected chi connectivity index (χ4v) is 3.17. The molecule has 0 saturated heterocycles. The Morgan fingerprint density at radius 2 is 2.08 bits per heavy atom. The van der Waals surface area contributed by atoms with Crippen molar-refractivity contribution in [2.45, 2.75) is 19.4 Å². The number of rotatable bonds is 4. The molecule has 0 aromatic heterocycles. The van der Waals surface area contributed by atoms with Gasteiger partial charge in [-0.1, -0.05) is 27.5 Å². The van der Waals surface area contributed by atoms with Gasteiger partial charge in [-0.3, -0.25) is 4.79 Å². The maximum atomic E-state index is 12.6. The van der Waals surface area contributed by atoms with Crippen LogP contribution in [0.5, 0.6) is 11.5 Å². The molecule has 1 heterocycles. The van der Waals surface area contributed by atoms with Crippen LogP contribution in [0.2, 0.25) is 5.02 Å². The third-order valence-electron chi connectivity index (χ3n) is 3.84. The molecule has 0 fully saturated rings. The van der Waals surface area contributed by atoms with E-state index in [1.165, 1.54) is 5.01 Å². The van der Waals surface area contributed by atoms with Crippen molar-refractivity contribution in [2.75, 3.05) is 6.61 Å². The zero-order chi connectivity index (χ0) is 18.0. The molecule has 0 spiro atoms. The molecule has 2 aromatic rings. The Balaban J connectivity index is 1.75. The van der Waals surface area contributed by atoms with Crippen molar-refractivity contribution in [3.05, 3.63) is 57.5 Å². The molecule has 1 unspecified atom stereocenters. The van der Waals surface area contributed by atoms with Crippen molar-refractivity contribution in [3.63, 3.8) is 0 Å². The van der Waals surface area contributed by atoms with Crippen LogP contribution < -0.4 is 4.74 Å². The molecular formula is C18H16BrClN2O3. The first-order valence-corrected chi connectivity index (χ1v) is 8.84. The van der Waals surface area contributed by atoms with Crippen LogP contribution >= 0.6 is 27.5 Å². The maximum Gasteiger partial charge on any atom is 0.281 e. The van der Waals surface area contributed by atoms with E-state index in [-0.39, 0.29) is 24.3 Å². The summed E-state index contributed by atoms with van der Waals surface area (Å²) in [5.74, 6) is 0.408. The lowest BCUT2D eigenvalue weighted by Crippen LogP contribution is -2.31. The van der Waals surface area contributed by atoms with Crippen molar-refractivity contribution in [1.29, 1.82) is 0 Å². The molecule has 0 aliphatic carbocycles. The van der Waals surface area contributed by atoms with E-state index in [0.29, 0.717) is 22.8 Å². The summed E-state index contributed by atoms with van der Waals surface area (Å²) >= 11 is 9.23. The number of hydrogen-bond donors (Lipinski definition) is 1. The number of phenolic OH excluding ortho intramolecular Hbond substituents is 1. The van der Waals surface area contributed by atoms with E-state index in [1.807, 2.05) is 6.92 Å². The Labute approximate surface area is 159 Å². The molecule has 0 radical (unpaired) electrons. The van der Waals surface area contributed by atoms with Crippen LogP contribution in [-0.2, 0) is 4.79 Å². The lowest BCUT2D eigenvalue weighted by atomic mass is 10.0. The molecule has 1 atom stereocenters. The predicted molar refractivity (Wildman–Crippen MR) is 100 cm³/mol. The standard InChI is InChI=1S/C18H16BrClN2O3/c1-11-8-16(15-9-12(19)2-7-17(15)23)22(21-11)18(24)10-25-14-5-3-13(20)4-6-14/h2-7,9,16,23H,8,10H2,1H3. The highest BCUT2D eigenvalue weighted by molar-refractivity contribution is 9.10. The number of phenols is 1. The Hall–Kier alpha value is -2.05. The Morgan fingerprint density at radius 3 is 2.80 bits per heavy atom. The summed E-state index contributed by atoms with van der Waals surface area (Å²) in [6, 6.07) is 11.6. The van der Waals surface area contributed by atoms with Gasteiger partial charge in [-0.15, -0.1) is 0 Å². The number of nitrogens with zero attached hydrogens (tertiary/aromatic N) is 2. The highest BCUT2D eigenvalue weighted by Crippen LogP contribution is 2.37. The smallest absolute Gasteiger partial charge is 0.281 e. The molecule has 1 aliphatic heterocycles. The molecule has 0 bridgehead atoms. The molecule has 1 N–H and O–H groups in total. The molecule has 0 saturated carbocycles. The van der Waals surface area contributed by atoms with Crippen molar-refractivity contribution in [2.24, 2.45) is 5.10 Å². The highest BCUT2D eigenvalue weighted by atomic mass is 79.9. The summed E-state index contributed by atoms with van der Waals surface area (Å²) in [6.07, 6.45) is 0.566. The minimum atomic E-state index is -0.348. The minimum Gasteiger partial charge on any atom is -0.508 e. The van der Waals surface area contributed by atoms with Gasteiger partial charge in [-0.25, -0.2) is 5.01 Å². The number of amides is 1. The largest absolute Gasteiger partial charge is 0.508 e. The normalized spacial score (nSPS) is 16.7. The fourth-order valence-electron chi connectivity index (χ4n) is 2.67. The van der Waals surface area contributed by atoms with Crippen molar-refractivity contribution >= 4 is 39.1 Å². The topological polar surface area (TPSA) is 62.1 Å². The molecule has 1 aliphatic rings. The SMILES string of the molecule is CC1=NN(C(=O)COc2ccc(Cl)cc2)C(c2cc(Br)ccc2O)C1.